The van der Waals surface area contributed by atoms with E-state index in [1.54, 1.807) is 0 Å². The summed E-state index contributed by atoms with van der Waals surface area (Å²) in [6.45, 7) is 8.60. The normalized spacial score (nSPS) is 25.8. The molecule has 2 saturated carbocycles. The summed E-state index contributed by atoms with van der Waals surface area (Å²) in [6.07, 6.45) is 5.22. The van der Waals surface area contributed by atoms with Crippen molar-refractivity contribution < 1.29 is 14.3 Å². The van der Waals surface area contributed by atoms with Crippen molar-refractivity contribution in [2.24, 2.45) is 17.8 Å². The molecule has 1 aromatic rings. The first-order valence-electron chi connectivity index (χ1n) is 9.53. The Morgan fingerprint density at radius 1 is 1.32 bits per heavy atom. The average molecular weight is 346 g/mol. The molecule has 2 aliphatic rings. The Kier molecular flexibility index (Phi) is 5.21. The molecule has 1 heterocycles. The van der Waals surface area contributed by atoms with Gasteiger partial charge in [0.05, 0.1) is 5.56 Å². The number of aromatic nitrogens is 1. The lowest BCUT2D eigenvalue weighted by atomic mass is 9.84. The maximum absolute atomic E-state index is 12.3. The summed E-state index contributed by atoms with van der Waals surface area (Å²) in [5.41, 5.74) is 2.47. The number of carbonyl (C=O) groups excluding carboxylic acids is 2. The molecule has 0 aromatic carbocycles. The van der Waals surface area contributed by atoms with E-state index in [9.17, 15) is 9.59 Å². The molecule has 0 unspecified atom stereocenters. The highest BCUT2D eigenvalue weighted by Crippen LogP contribution is 2.49. The predicted molar refractivity (Wildman–Crippen MR) is 96.4 cm³/mol. The summed E-state index contributed by atoms with van der Waals surface area (Å²) in [6, 6.07) is 1.99. The number of ether oxygens (including phenoxy) is 1. The van der Waals surface area contributed by atoms with Gasteiger partial charge in [0, 0.05) is 24.0 Å². The topological polar surface area (TPSA) is 60.3 Å². The molecule has 2 bridgehead atoms. The van der Waals surface area contributed by atoms with Crippen LogP contribution in [-0.2, 0) is 16.1 Å². The van der Waals surface area contributed by atoms with Crippen molar-refractivity contribution in [2.75, 3.05) is 6.61 Å². The van der Waals surface area contributed by atoms with Gasteiger partial charge >= 0.3 is 5.97 Å². The number of carbonyl (C=O) groups is 2. The van der Waals surface area contributed by atoms with Crippen molar-refractivity contribution in [3.63, 3.8) is 0 Å². The molecule has 0 saturated heterocycles. The van der Waals surface area contributed by atoms with Gasteiger partial charge in [0.15, 0.2) is 6.61 Å². The van der Waals surface area contributed by atoms with Crippen LogP contribution in [0.25, 0.3) is 0 Å². The Labute approximate surface area is 150 Å². The maximum atomic E-state index is 12.3. The number of nitrogens with zero attached hydrogens (tertiary/aromatic N) is 1. The SMILES string of the molecule is CCn1c(C)cc(C(=O)OCC(=O)N[C@H](C)[C@@H]2C[C@H]3CC[C@H]2C3)c1C. The van der Waals surface area contributed by atoms with Crippen molar-refractivity contribution in [3.05, 3.63) is 23.0 Å². The van der Waals surface area contributed by atoms with Crippen LogP contribution in [-0.4, -0.2) is 29.1 Å². The summed E-state index contributed by atoms with van der Waals surface area (Å²) in [5, 5.41) is 3.03. The maximum Gasteiger partial charge on any atom is 0.340 e. The van der Waals surface area contributed by atoms with Crippen LogP contribution in [0.5, 0.6) is 0 Å². The molecule has 0 radical (unpaired) electrons. The van der Waals surface area contributed by atoms with Crippen molar-refractivity contribution in [3.8, 4) is 0 Å². The highest BCUT2D eigenvalue weighted by molar-refractivity contribution is 5.92. The average Bonchev–Trinajstić information content (AvgIpc) is 3.27. The van der Waals surface area contributed by atoms with E-state index < -0.39 is 5.97 Å². The third-order valence-electron chi connectivity index (χ3n) is 6.27. The van der Waals surface area contributed by atoms with Crippen LogP contribution < -0.4 is 5.32 Å². The summed E-state index contributed by atoms with van der Waals surface area (Å²) in [7, 11) is 0. The van der Waals surface area contributed by atoms with Crippen LogP contribution >= 0.6 is 0 Å². The van der Waals surface area contributed by atoms with Gasteiger partial charge in [0.1, 0.15) is 0 Å². The quantitative estimate of drug-likeness (QED) is 0.805. The van der Waals surface area contributed by atoms with E-state index in [2.05, 4.69) is 16.8 Å². The molecule has 2 aliphatic carbocycles. The van der Waals surface area contributed by atoms with E-state index in [1.165, 1.54) is 25.7 Å². The number of nitrogens with one attached hydrogen (secondary N) is 1. The molecule has 1 amide bonds. The molecule has 2 fully saturated rings. The Morgan fingerprint density at radius 3 is 2.64 bits per heavy atom. The molecule has 138 valence electrons. The summed E-state index contributed by atoms with van der Waals surface area (Å²) >= 11 is 0. The number of fused-ring (bicyclic) bond motifs is 2. The van der Waals surface area contributed by atoms with Gasteiger partial charge in [-0.15, -0.1) is 0 Å². The Hall–Kier alpha value is -1.78. The number of esters is 1. The highest BCUT2D eigenvalue weighted by Gasteiger charge is 2.42. The smallest absolute Gasteiger partial charge is 0.340 e. The fourth-order valence-corrected chi connectivity index (χ4v) is 5.01. The minimum atomic E-state index is -0.421. The second-order valence-electron chi connectivity index (χ2n) is 7.80. The number of rotatable bonds is 6. The highest BCUT2D eigenvalue weighted by atomic mass is 16.5. The number of hydrogen-bond acceptors (Lipinski definition) is 3. The van der Waals surface area contributed by atoms with Crippen LogP contribution in [0.15, 0.2) is 6.07 Å². The predicted octanol–water partition coefficient (Wildman–Crippen LogP) is 3.22. The third kappa shape index (κ3) is 3.60. The first kappa shape index (κ1) is 18.0. The summed E-state index contributed by atoms with van der Waals surface area (Å²) in [5.74, 6) is 1.59. The lowest BCUT2D eigenvalue weighted by Crippen LogP contribution is -2.42. The van der Waals surface area contributed by atoms with Gasteiger partial charge < -0.3 is 14.6 Å². The minimum Gasteiger partial charge on any atom is -0.452 e. The fourth-order valence-electron chi connectivity index (χ4n) is 5.01. The molecular weight excluding hydrogens is 316 g/mol. The molecule has 0 spiro atoms. The van der Waals surface area contributed by atoms with Crippen LogP contribution in [0.3, 0.4) is 0 Å². The standard InChI is InChI=1S/C20H30N2O3/c1-5-22-12(2)8-18(14(22)4)20(24)25-11-19(23)21-13(3)17-10-15-6-7-16(17)9-15/h8,13,15-17H,5-7,9-11H2,1-4H3,(H,21,23)/t13-,15+,16+,17+/m1/s1. The van der Waals surface area contributed by atoms with Gasteiger partial charge in [-0.3, -0.25) is 4.79 Å². The van der Waals surface area contributed by atoms with Crippen LogP contribution in [0, 0.1) is 31.6 Å². The monoisotopic (exact) mass is 346 g/mol. The van der Waals surface area contributed by atoms with E-state index in [0.717, 1.165) is 29.8 Å². The number of aryl methyl sites for hydroxylation is 1. The van der Waals surface area contributed by atoms with Crippen LogP contribution in [0.4, 0.5) is 0 Å². The first-order chi connectivity index (χ1) is 11.9. The number of amides is 1. The van der Waals surface area contributed by atoms with Gasteiger partial charge in [-0.25, -0.2) is 4.79 Å². The summed E-state index contributed by atoms with van der Waals surface area (Å²) in [4.78, 5) is 24.5. The molecule has 1 aromatic heterocycles. The van der Waals surface area contributed by atoms with E-state index in [-0.39, 0.29) is 18.6 Å². The van der Waals surface area contributed by atoms with Crippen molar-refractivity contribution in [1.82, 2.24) is 9.88 Å². The fraction of sp³-hybridized carbons (Fsp3) is 0.700. The molecular formula is C20H30N2O3. The number of hydrogen-bond donors (Lipinski definition) is 1. The lowest BCUT2D eigenvalue weighted by Gasteiger charge is -2.28. The second-order valence-corrected chi connectivity index (χ2v) is 7.80. The van der Waals surface area contributed by atoms with Gasteiger partial charge in [-0.2, -0.15) is 0 Å². The molecule has 5 heteroatoms. The molecule has 3 rings (SSSR count). The molecule has 25 heavy (non-hydrogen) atoms. The van der Waals surface area contributed by atoms with E-state index in [4.69, 9.17) is 4.74 Å². The zero-order valence-corrected chi connectivity index (χ0v) is 15.8. The Morgan fingerprint density at radius 2 is 2.08 bits per heavy atom. The third-order valence-corrected chi connectivity index (χ3v) is 6.27. The first-order valence-corrected chi connectivity index (χ1v) is 9.53. The molecule has 1 N–H and O–H groups in total. The Bertz CT molecular complexity index is 664. The van der Waals surface area contributed by atoms with E-state index in [1.807, 2.05) is 26.8 Å². The minimum absolute atomic E-state index is 0.159. The van der Waals surface area contributed by atoms with Crippen LogP contribution in [0.1, 0.15) is 61.3 Å². The lowest BCUT2D eigenvalue weighted by molar-refractivity contribution is -0.125. The molecule has 5 nitrogen and oxygen atoms in total. The zero-order valence-electron chi connectivity index (χ0n) is 15.8. The molecule has 4 atom stereocenters. The zero-order chi connectivity index (χ0) is 18.1. The van der Waals surface area contributed by atoms with Crippen LogP contribution in [0.2, 0.25) is 0 Å². The van der Waals surface area contributed by atoms with Gasteiger partial charge in [0.25, 0.3) is 5.91 Å². The van der Waals surface area contributed by atoms with E-state index in [0.29, 0.717) is 11.5 Å². The van der Waals surface area contributed by atoms with Gasteiger partial charge in [-0.1, -0.05) is 6.42 Å². The van der Waals surface area contributed by atoms with Crippen molar-refractivity contribution in [1.29, 1.82) is 0 Å². The van der Waals surface area contributed by atoms with Crippen molar-refractivity contribution >= 4 is 11.9 Å². The largest absolute Gasteiger partial charge is 0.452 e. The summed E-state index contributed by atoms with van der Waals surface area (Å²) < 4.78 is 7.31. The van der Waals surface area contributed by atoms with Gasteiger partial charge in [-0.05, 0) is 70.8 Å². The molecule has 0 aliphatic heterocycles. The second kappa shape index (κ2) is 7.22. The van der Waals surface area contributed by atoms with E-state index >= 15 is 0 Å². The van der Waals surface area contributed by atoms with Crippen molar-refractivity contribution in [2.45, 2.75) is 66.0 Å². The van der Waals surface area contributed by atoms with Gasteiger partial charge in [0.2, 0.25) is 0 Å². The Balaban J connectivity index is 1.49.